The summed E-state index contributed by atoms with van der Waals surface area (Å²) in [6.07, 6.45) is 4.32. The van der Waals surface area contributed by atoms with Gasteiger partial charge in [0, 0.05) is 0 Å². The maximum absolute atomic E-state index is 9.80. The Hall–Kier alpha value is -2.13. The third-order valence-electron chi connectivity index (χ3n) is 4.17. The smallest absolute Gasteiger partial charge is 0.118 e. The largest absolute Gasteiger partial charge is 0.508 e. The van der Waals surface area contributed by atoms with Gasteiger partial charge >= 0.3 is 0 Å². The van der Waals surface area contributed by atoms with Crippen LogP contribution in [0.4, 0.5) is 0 Å². The number of rotatable bonds is 2. The summed E-state index contributed by atoms with van der Waals surface area (Å²) in [6.45, 7) is 3.80. The van der Waals surface area contributed by atoms with Crippen molar-refractivity contribution in [3.63, 3.8) is 0 Å². The summed E-state index contributed by atoms with van der Waals surface area (Å²) in [6, 6.07) is 11.4. The molecule has 22 heavy (non-hydrogen) atoms. The van der Waals surface area contributed by atoms with E-state index in [9.17, 15) is 10.2 Å². The normalized spacial score (nSPS) is 15.9. The molecule has 2 aromatic carbocycles. The van der Waals surface area contributed by atoms with Crippen LogP contribution in [-0.2, 0) is 5.41 Å². The molecule has 3 rings (SSSR count). The van der Waals surface area contributed by atoms with Crippen LogP contribution in [0.25, 0.3) is 0 Å². The Morgan fingerprint density at radius 2 is 1.23 bits per heavy atom. The van der Waals surface area contributed by atoms with Crippen LogP contribution in [0.15, 0.2) is 59.4 Å². The lowest BCUT2D eigenvalue weighted by Crippen LogP contribution is -2.23. The molecule has 112 valence electrons. The third-order valence-corrected chi connectivity index (χ3v) is 4.75. The molecule has 3 heteroatoms. The summed E-state index contributed by atoms with van der Waals surface area (Å²) in [5, 5.41) is 23.8. The summed E-state index contributed by atoms with van der Waals surface area (Å²) >= 11 is 1.64. The number of hydrogen-bond acceptors (Lipinski definition) is 3. The predicted octanol–water partition coefficient (Wildman–Crippen LogP) is 4.77. The van der Waals surface area contributed by atoms with E-state index in [1.54, 1.807) is 23.9 Å². The molecule has 1 aliphatic rings. The summed E-state index contributed by atoms with van der Waals surface area (Å²) in [7, 11) is 0. The maximum Gasteiger partial charge on any atom is 0.118 e. The van der Waals surface area contributed by atoms with Crippen molar-refractivity contribution in [3.8, 4) is 11.5 Å². The molecule has 2 aromatic rings. The van der Waals surface area contributed by atoms with Crippen molar-refractivity contribution in [2.45, 2.75) is 19.3 Å². The molecule has 1 aliphatic heterocycles. The minimum Gasteiger partial charge on any atom is -0.508 e. The zero-order valence-electron chi connectivity index (χ0n) is 12.6. The van der Waals surface area contributed by atoms with Gasteiger partial charge in [0.15, 0.2) is 0 Å². The first-order valence-electron chi connectivity index (χ1n) is 7.14. The first kappa shape index (κ1) is 14.8. The first-order chi connectivity index (χ1) is 10.5. The molecule has 0 radical (unpaired) electrons. The Bertz CT molecular complexity index is 709. The summed E-state index contributed by atoms with van der Waals surface area (Å²) < 4.78 is 0. The van der Waals surface area contributed by atoms with E-state index < -0.39 is 0 Å². The molecule has 2 nitrogen and oxygen atoms in total. The van der Waals surface area contributed by atoms with Crippen molar-refractivity contribution >= 4 is 11.8 Å². The van der Waals surface area contributed by atoms with Crippen LogP contribution in [0, 0.1) is 13.8 Å². The van der Waals surface area contributed by atoms with Gasteiger partial charge in [-0.25, -0.2) is 0 Å². The van der Waals surface area contributed by atoms with E-state index in [4.69, 9.17) is 0 Å². The van der Waals surface area contributed by atoms with Gasteiger partial charge in [0.25, 0.3) is 0 Å². The van der Waals surface area contributed by atoms with E-state index in [2.05, 4.69) is 23.0 Å². The number of allylic oxidation sites excluding steroid dienone is 2. The molecule has 0 bridgehead atoms. The van der Waals surface area contributed by atoms with Crippen LogP contribution in [-0.4, -0.2) is 10.2 Å². The van der Waals surface area contributed by atoms with Crippen molar-refractivity contribution in [2.75, 3.05) is 0 Å². The van der Waals surface area contributed by atoms with Crippen molar-refractivity contribution < 1.29 is 10.2 Å². The lowest BCUT2D eigenvalue weighted by Gasteiger charge is -2.31. The summed E-state index contributed by atoms with van der Waals surface area (Å²) in [5.74, 6) is 0.609. The minimum atomic E-state index is -0.373. The molecule has 0 unspecified atom stereocenters. The van der Waals surface area contributed by atoms with Gasteiger partial charge in [-0.3, -0.25) is 0 Å². The number of benzene rings is 2. The molecule has 0 aromatic heterocycles. The average molecular weight is 310 g/mol. The zero-order chi connectivity index (χ0) is 15.7. The van der Waals surface area contributed by atoms with Gasteiger partial charge < -0.3 is 10.2 Å². The summed E-state index contributed by atoms with van der Waals surface area (Å²) in [5.41, 5.74) is 3.53. The topological polar surface area (TPSA) is 40.5 Å². The van der Waals surface area contributed by atoms with E-state index in [1.165, 1.54) is 0 Å². The Labute approximate surface area is 134 Å². The fourth-order valence-corrected chi connectivity index (χ4v) is 3.45. The van der Waals surface area contributed by atoms with Crippen LogP contribution >= 0.6 is 11.8 Å². The van der Waals surface area contributed by atoms with Crippen LogP contribution < -0.4 is 0 Å². The van der Waals surface area contributed by atoms with E-state index in [0.29, 0.717) is 11.5 Å². The lowest BCUT2D eigenvalue weighted by atomic mass is 9.74. The Morgan fingerprint density at radius 1 is 0.773 bits per heavy atom. The third kappa shape index (κ3) is 2.42. The van der Waals surface area contributed by atoms with Crippen LogP contribution in [0.2, 0.25) is 0 Å². The standard InChI is InChI=1S/C19H18O2S/c1-13-11-15(3-5-17(13)20)19(7-9-22-10-8-19)16-4-6-18(21)14(2)12-16/h3-12,20-21H,1-2H3. The molecule has 0 aliphatic carbocycles. The second kappa shape index (κ2) is 5.58. The zero-order valence-corrected chi connectivity index (χ0v) is 13.4. The second-order valence-corrected chi connectivity index (χ2v) is 6.43. The van der Waals surface area contributed by atoms with Crippen molar-refractivity contribution in [3.05, 3.63) is 81.6 Å². The number of aryl methyl sites for hydroxylation is 2. The lowest BCUT2D eigenvalue weighted by molar-refractivity contribution is 0.470. The molecular formula is C19H18O2S. The van der Waals surface area contributed by atoms with Gasteiger partial charge in [-0.15, -0.1) is 11.8 Å². The Balaban J connectivity index is 2.22. The van der Waals surface area contributed by atoms with Crippen molar-refractivity contribution in [1.82, 2.24) is 0 Å². The quantitative estimate of drug-likeness (QED) is 0.839. The number of hydrogen-bond donors (Lipinski definition) is 2. The molecule has 0 amide bonds. The van der Waals surface area contributed by atoms with Gasteiger partial charge in [0.2, 0.25) is 0 Å². The fraction of sp³-hybridized carbons (Fsp3) is 0.158. The molecule has 0 atom stereocenters. The fourth-order valence-electron chi connectivity index (χ4n) is 2.77. The van der Waals surface area contributed by atoms with E-state index in [1.807, 2.05) is 38.1 Å². The van der Waals surface area contributed by atoms with Crippen LogP contribution in [0.1, 0.15) is 22.3 Å². The van der Waals surface area contributed by atoms with E-state index >= 15 is 0 Å². The molecule has 0 spiro atoms. The van der Waals surface area contributed by atoms with Gasteiger partial charge in [-0.1, -0.05) is 36.4 Å². The van der Waals surface area contributed by atoms with Gasteiger partial charge in [0.1, 0.15) is 11.5 Å². The Morgan fingerprint density at radius 3 is 1.64 bits per heavy atom. The van der Waals surface area contributed by atoms with Gasteiger partial charge in [-0.2, -0.15) is 0 Å². The number of aromatic hydroxyl groups is 2. The molecule has 2 N–H and O–H groups in total. The molecule has 1 heterocycles. The van der Waals surface area contributed by atoms with Crippen molar-refractivity contribution in [1.29, 1.82) is 0 Å². The SMILES string of the molecule is Cc1cc(C2(c3ccc(O)c(C)c3)C=CSC=C2)ccc1O. The predicted molar refractivity (Wildman–Crippen MR) is 92.3 cm³/mol. The maximum atomic E-state index is 9.80. The molecular weight excluding hydrogens is 292 g/mol. The Kier molecular flexibility index (Phi) is 3.75. The monoisotopic (exact) mass is 310 g/mol. The second-order valence-electron chi connectivity index (χ2n) is 5.61. The highest BCUT2D eigenvalue weighted by Crippen LogP contribution is 2.41. The molecule has 0 saturated heterocycles. The molecule has 0 saturated carbocycles. The highest BCUT2D eigenvalue weighted by molar-refractivity contribution is 8.04. The average Bonchev–Trinajstić information content (AvgIpc) is 2.53. The molecule has 0 fully saturated rings. The number of thioether (sulfide) groups is 1. The number of phenolic OH excluding ortho intramolecular Hbond substituents is 2. The van der Waals surface area contributed by atoms with E-state index in [0.717, 1.165) is 22.3 Å². The van der Waals surface area contributed by atoms with Crippen LogP contribution in [0.5, 0.6) is 11.5 Å². The van der Waals surface area contributed by atoms with Gasteiger partial charge in [-0.05, 0) is 59.1 Å². The minimum absolute atomic E-state index is 0.305. The van der Waals surface area contributed by atoms with Crippen molar-refractivity contribution in [2.24, 2.45) is 0 Å². The highest BCUT2D eigenvalue weighted by atomic mass is 32.2. The van der Waals surface area contributed by atoms with E-state index in [-0.39, 0.29) is 5.41 Å². The first-order valence-corrected chi connectivity index (χ1v) is 8.08. The van der Waals surface area contributed by atoms with Crippen LogP contribution in [0.3, 0.4) is 0 Å². The number of phenols is 2. The highest BCUT2D eigenvalue weighted by Gasteiger charge is 2.31. The van der Waals surface area contributed by atoms with Gasteiger partial charge in [0.05, 0.1) is 5.41 Å². The summed E-state index contributed by atoms with van der Waals surface area (Å²) in [4.78, 5) is 0.